The van der Waals surface area contributed by atoms with Crippen molar-refractivity contribution >= 4 is 11.8 Å². The van der Waals surface area contributed by atoms with Gasteiger partial charge < -0.3 is 19.3 Å². The van der Waals surface area contributed by atoms with Crippen LogP contribution in [0.15, 0.2) is 60.8 Å². The molecule has 0 amide bonds. The molecule has 0 saturated heterocycles. The van der Waals surface area contributed by atoms with E-state index in [1.165, 1.54) is 32.4 Å². The van der Waals surface area contributed by atoms with Crippen molar-refractivity contribution in [2.24, 2.45) is 5.92 Å². The number of hydrogen-bond acceptors (Lipinski definition) is 7. The molecule has 2 aromatic carbocycles. The van der Waals surface area contributed by atoms with Crippen molar-refractivity contribution < 1.29 is 33.3 Å². The minimum Gasteiger partial charge on any atom is -0.503 e. The Kier molecular flexibility index (Phi) is 8.41. The van der Waals surface area contributed by atoms with E-state index < -0.39 is 35.7 Å². The number of nitrogens with zero attached hydrogens (tertiary/aromatic N) is 1. The Balaban J connectivity index is 1.75. The number of halogens is 1. The van der Waals surface area contributed by atoms with Crippen molar-refractivity contribution in [2.45, 2.75) is 39.4 Å². The molecule has 0 radical (unpaired) electrons. The number of methoxy groups -OCH3 is 1. The Morgan fingerprint density at radius 1 is 1.09 bits per heavy atom. The molecule has 0 saturated carbocycles. The van der Waals surface area contributed by atoms with Crippen LogP contribution in [-0.4, -0.2) is 35.1 Å². The maximum absolute atomic E-state index is 14.8. The fraction of sp³-hybridized carbons (Fsp3) is 0.296. The first-order valence-electron chi connectivity index (χ1n) is 11.1. The number of pyridine rings is 1. The number of ketones is 1. The lowest BCUT2D eigenvalue weighted by molar-refractivity contribution is -0.157. The Morgan fingerprint density at radius 3 is 2.46 bits per heavy atom. The second kappa shape index (κ2) is 11.5. The van der Waals surface area contributed by atoms with Gasteiger partial charge in [0.05, 0.1) is 13.0 Å². The minimum atomic E-state index is -0.922. The van der Waals surface area contributed by atoms with Crippen molar-refractivity contribution in [2.75, 3.05) is 7.11 Å². The lowest BCUT2D eigenvalue weighted by Gasteiger charge is -2.27. The highest BCUT2D eigenvalue weighted by molar-refractivity contribution is 5.99. The van der Waals surface area contributed by atoms with Crippen molar-refractivity contribution in [3.05, 3.63) is 83.4 Å². The Bertz CT molecular complexity index is 1180. The van der Waals surface area contributed by atoms with Gasteiger partial charge in [0, 0.05) is 24.2 Å². The third-order valence-corrected chi connectivity index (χ3v) is 5.46. The highest BCUT2D eigenvalue weighted by atomic mass is 19.1. The van der Waals surface area contributed by atoms with Crippen LogP contribution in [-0.2, 0) is 9.53 Å². The summed E-state index contributed by atoms with van der Waals surface area (Å²) in [6.07, 6.45) is -0.712. The molecule has 0 aliphatic rings. The lowest BCUT2D eigenvalue weighted by Crippen LogP contribution is -2.30. The van der Waals surface area contributed by atoms with Gasteiger partial charge in [0.1, 0.15) is 17.7 Å². The number of Topliss-reactive ketones (excluding diaryl/α,β-unsaturated/α-hetero) is 1. The van der Waals surface area contributed by atoms with Crippen molar-refractivity contribution in [1.82, 2.24) is 4.98 Å². The number of carbonyl (C=O) groups is 2. The number of ether oxygens (including phenoxy) is 3. The molecule has 3 rings (SSSR count). The van der Waals surface area contributed by atoms with Crippen LogP contribution in [0.2, 0.25) is 0 Å². The first kappa shape index (κ1) is 25.7. The number of aromatic hydroxyl groups is 1. The molecule has 184 valence electrons. The van der Waals surface area contributed by atoms with Gasteiger partial charge >= 0.3 is 5.97 Å². The van der Waals surface area contributed by atoms with E-state index in [0.29, 0.717) is 5.75 Å². The average molecular weight is 482 g/mol. The average Bonchev–Trinajstić information content (AvgIpc) is 2.83. The monoisotopic (exact) mass is 481 g/mol. The Morgan fingerprint density at radius 2 is 1.80 bits per heavy atom. The summed E-state index contributed by atoms with van der Waals surface area (Å²) < 4.78 is 31.4. The van der Waals surface area contributed by atoms with Crippen LogP contribution in [0.4, 0.5) is 4.39 Å². The van der Waals surface area contributed by atoms with Crippen LogP contribution < -0.4 is 9.47 Å². The molecule has 0 aliphatic carbocycles. The van der Waals surface area contributed by atoms with Crippen molar-refractivity contribution in [1.29, 1.82) is 0 Å². The maximum atomic E-state index is 14.8. The van der Waals surface area contributed by atoms with Gasteiger partial charge in [0.2, 0.25) is 0 Å². The van der Waals surface area contributed by atoms with E-state index in [-0.39, 0.29) is 29.2 Å². The summed E-state index contributed by atoms with van der Waals surface area (Å²) in [6.45, 7) is 4.91. The molecule has 0 bridgehead atoms. The zero-order valence-electron chi connectivity index (χ0n) is 20.0. The van der Waals surface area contributed by atoms with Crippen LogP contribution >= 0.6 is 0 Å². The topological polar surface area (TPSA) is 95.0 Å². The van der Waals surface area contributed by atoms with E-state index in [1.54, 1.807) is 50.2 Å². The van der Waals surface area contributed by atoms with Gasteiger partial charge in [-0.15, -0.1) is 0 Å². The van der Waals surface area contributed by atoms with E-state index in [1.807, 2.05) is 6.07 Å². The molecule has 8 heteroatoms. The summed E-state index contributed by atoms with van der Waals surface area (Å²) in [5.41, 5.74) is 0.800. The second-order valence-electron chi connectivity index (χ2n) is 8.26. The number of hydrogen-bond donors (Lipinski definition) is 1. The smallest absolute Gasteiger partial charge is 0.309 e. The van der Waals surface area contributed by atoms with E-state index in [9.17, 15) is 19.1 Å². The number of rotatable bonds is 10. The van der Waals surface area contributed by atoms with Gasteiger partial charge in [0.25, 0.3) is 0 Å². The molecule has 0 fully saturated rings. The fourth-order valence-corrected chi connectivity index (χ4v) is 3.55. The standard InChI is InChI=1S/C27H28FNO6/c1-16-10-11-20(21(28)14-16)26(35-19-8-6-5-7-9-19)18(3)34-27(32)17(2)15-22(30)24-25(31)23(33-4)12-13-29-24/h5-14,17-18,26,31H,15H2,1-4H3/t17-,18+,26+/m1/s1. The molecule has 3 atom stereocenters. The molecular weight excluding hydrogens is 453 g/mol. The molecular formula is C27H28FNO6. The third-order valence-electron chi connectivity index (χ3n) is 5.46. The van der Waals surface area contributed by atoms with Crippen molar-refractivity contribution in [3.63, 3.8) is 0 Å². The van der Waals surface area contributed by atoms with E-state index in [4.69, 9.17) is 14.2 Å². The zero-order valence-corrected chi connectivity index (χ0v) is 20.0. The molecule has 3 aromatic rings. The van der Waals surface area contributed by atoms with Gasteiger partial charge in [-0.2, -0.15) is 0 Å². The van der Waals surface area contributed by atoms with Gasteiger partial charge in [-0.1, -0.05) is 37.3 Å². The van der Waals surface area contributed by atoms with Gasteiger partial charge in [-0.3, -0.25) is 9.59 Å². The summed E-state index contributed by atoms with van der Waals surface area (Å²) >= 11 is 0. The molecule has 7 nitrogen and oxygen atoms in total. The molecule has 0 aliphatic heterocycles. The number of esters is 1. The maximum Gasteiger partial charge on any atom is 0.309 e. The third kappa shape index (κ3) is 6.35. The van der Waals surface area contributed by atoms with Crippen molar-refractivity contribution in [3.8, 4) is 17.2 Å². The summed E-state index contributed by atoms with van der Waals surface area (Å²) in [7, 11) is 1.36. The van der Waals surface area contributed by atoms with Crippen LogP contribution in [0.1, 0.15) is 48.0 Å². The number of aromatic nitrogens is 1. The number of aryl methyl sites for hydroxylation is 1. The van der Waals surface area contributed by atoms with Crippen LogP contribution in [0.25, 0.3) is 0 Å². The summed E-state index contributed by atoms with van der Waals surface area (Å²) in [5.74, 6) is -2.33. The SMILES string of the molecule is COc1ccnc(C(=O)C[C@@H](C)C(=O)O[C@@H](C)[C@H](Oc2ccccc2)c2ccc(C)cc2F)c1O. The largest absolute Gasteiger partial charge is 0.503 e. The molecule has 1 heterocycles. The van der Waals surface area contributed by atoms with Crippen LogP contribution in [0.3, 0.4) is 0 Å². The quantitative estimate of drug-likeness (QED) is 0.314. The minimum absolute atomic E-state index is 0.105. The predicted octanol–water partition coefficient (Wildman–Crippen LogP) is 5.20. The van der Waals surface area contributed by atoms with E-state index in [2.05, 4.69) is 4.98 Å². The number of carbonyl (C=O) groups excluding carboxylic acids is 2. The molecule has 0 unspecified atom stereocenters. The number of benzene rings is 2. The molecule has 1 aromatic heterocycles. The van der Waals surface area contributed by atoms with Gasteiger partial charge in [-0.25, -0.2) is 9.37 Å². The number of para-hydroxylation sites is 1. The second-order valence-corrected chi connectivity index (χ2v) is 8.26. The molecule has 1 N–H and O–H groups in total. The summed E-state index contributed by atoms with van der Waals surface area (Å²) in [4.78, 5) is 29.4. The van der Waals surface area contributed by atoms with E-state index in [0.717, 1.165) is 5.56 Å². The highest BCUT2D eigenvalue weighted by Crippen LogP contribution is 2.31. The zero-order chi connectivity index (χ0) is 25.5. The normalized spacial score (nSPS) is 13.4. The van der Waals surface area contributed by atoms with Crippen LogP contribution in [0, 0.1) is 18.7 Å². The molecule has 0 spiro atoms. The van der Waals surface area contributed by atoms with Crippen LogP contribution in [0.5, 0.6) is 17.2 Å². The highest BCUT2D eigenvalue weighted by Gasteiger charge is 2.30. The Hall–Kier alpha value is -3.94. The van der Waals surface area contributed by atoms with Gasteiger partial charge in [0.15, 0.2) is 29.1 Å². The fourth-order valence-electron chi connectivity index (χ4n) is 3.55. The summed E-state index contributed by atoms with van der Waals surface area (Å²) in [5, 5.41) is 10.2. The first-order chi connectivity index (χ1) is 16.7. The predicted molar refractivity (Wildman–Crippen MR) is 127 cm³/mol. The van der Waals surface area contributed by atoms with Gasteiger partial charge in [-0.05, 0) is 37.6 Å². The lowest BCUT2D eigenvalue weighted by atomic mass is 10.0. The summed E-state index contributed by atoms with van der Waals surface area (Å²) in [6, 6.07) is 15.0. The molecule has 35 heavy (non-hydrogen) atoms. The van der Waals surface area contributed by atoms with E-state index >= 15 is 0 Å². The first-order valence-corrected chi connectivity index (χ1v) is 11.1. The Labute approximate surface area is 203 Å².